The highest BCUT2D eigenvalue weighted by Crippen LogP contribution is 2.30. The summed E-state index contributed by atoms with van der Waals surface area (Å²) in [5.74, 6) is 0.524. The van der Waals surface area contributed by atoms with E-state index in [1.807, 2.05) is 0 Å². The Balaban J connectivity index is 2.42. The van der Waals surface area contributed by atoms with Crippen LogP contribution in [0.15, 0.2) is 0 Å². The molecule has 1 amide bonds. The Labute approximate surface area is 118 Å². The van der Waals surface area contributed by atoms with Crippen molar-refractivity contribution in [1.82, 2.24) is 10.2 Å². The predicted molar refractivity (Wildman–Crippen MR) is 72.3 cm³/mol. The van der Waals surface area contributed by atoms with E-state index in [4.69, 9.17) is 0 Å². The largest absolute Gasteiger partial charge is 0.406 e. The Morgan fingerprint density at radius 2 is 1.90 bits per heavy atom. The molecule has 0 aromatic rings. The van der Waals surface area contributed by atoms with Crippen molar-refractivity contribution in [3.05, 3.63) is 0 Å². The summed E-state index contributed by atoms with van der Waals surface area (Å²) in [6.45, 7) is 3.11. The first-order valence-corrected chi connectivity index (χ1v) is 7.25. The quantitative estimate of drug-likeness (QED) is 0.845. The average molecular weight is 294 g/mol. The van der Waals surface area contributed by atoms with E-state index in [9.17, 15) is 18.0 Å². The molecule has 2 atom stereocenters. The molecular weight excluding hydrogens is 269 g/mol. The van der Waals surface area contributed by atoms with Crippen molar-refractivity contribution in [2.75, 3.05) is 20.1 Å². The van der Waals surface area contributed by atoms with Gasteiger partial charge < -0.3 is 10.2 Å². The third kappa shape index (κ3) is 5.69. The standard InChI is InChI=1S/C14H25F3N2O/c1-10(2)11-6-4-5-7-12(11)18-8-13(20)19(3)9-14(15,16)17/h10-12,18H,4-9H2,1-3H3. The van der Waals surface area contributed by atoms with Gasteiger partial charge in [0.2, 0.25) is 5.91 Å². The molecule has 1 aliphatic carbocycles. The zero-order valence-corrected chi connectivity index (χ0v) is 12.5. The lowest BCUT2D eigenvalue weighted by Gasteiger charge is -2.35. The van der Waals surface area contributed by atoms with Gasteiger partial charge in [-0.3, -0.25) is 4.79 Å². The number of rotatable bonds is 5. The number of halogens is 3. The second-order valence-corrected chi connectivity index (χ2v) is 6.04. The minimum atomic E-state index is -4.34. The Hall–Kier alpha value is -0.780. The number of amides is 1. The van der Waals surface area contributed by atoms with Gasteiger partial charge in [0.1, 0.15) is 6.54 Å². The molecule has 20 heavy (non-hydrogen) atoms. The highest BCUT2D eigenvalue weighted by atomic mass is 19.4. The fourth-order valence-electron chi connectivity index (χ4n) is 2.92. The van der Waals surface area contributed by atoms with E-state index in [0.717, 1.165) is 24.2 Å². The maximum Gasteiger partial charge on any atom is 0.406 e. The van der Waals surface area contributed by atoms with E-state index < -0.39 is 18.6 Å². The van der Waals surface area contributed by atoms with E-state index >= 15 is 0 Å². The van der Waals surface area contributed by atoms with Crippen molar-refractivity contribution < 1.29 is 18.0 Å². The van der Waals surface area contributed by atoms with Crippen LogP contribution in [0.25, 0.3) is 0 Å². The van der Waals surface area contributed by atoms with Crippen molar-refractivity contribution in [2.45, 2.75) is 51.7 Å². The summed E-state index contributed by atoms with van der Waals surface area (Å²) in [4.78, 5) is 12.4. The van der Waals surface area contributed by atoms with Gasteiger partial charge in [-0.25, -0.2) is 0 Å². The van der Waals surface area contributed by atoms with E-state index in [1.165, 1.54) is 13.5 Å². The van der Waals surface area contributed by atoms with Crippen molar-refractivity contribution in [2.24, 2.45) is 11.8 Å². The Kier molecular flexibility index (Phi) is 6.30. The van der Waals surface area contributed by atoms with Crippen LogP contribution in [0.2, 0.25) is 0 Å². The fourth-order valence-corrected chi connectivity index (χ4v) is 2.92. The third-order valence-electron chi connectivity index (χ3n) is 4.03. The zero-order chi connectivity index (χ0) is 15.3. The van der Waals surface area contributed by atoms with Gasteiger partial charge in [-0.1, -0.05) is 26.7 Å². The lowest BCUT2D eigenvalue weighted by molar-refractivity contribution is -0.157. The molecule has 0 aromatic carbocycles. The smallest absolute Gasteiger partial charge is 0.336 e. The van der Waals surface area contributed by atoms with Crippen LogP contribution in [0.5, 0.6) is 0 Å². The van der Waals surface area contributed by atoms with Crippen molar-refractivity contribution in [3.63, 3.8) is 0 Å². The molecule has 0 spiro atoms. The first-order chi connectivity index (χ1) is 9.20. The number of carbonyl (C=O) groups is 1. The molecule has 3 nitrogen and oxygen atoms in total. The summed E-state index contributed by atoms with van der Waals surface area (Å²) in [5.41, 5.74) is 0. The van der Waals surface area contributed by atoms with E-state index in [-0.39, 0.29) is 12.6 Å². The molecule has 0 heterocycles. The number of likely N-dealkylation sites (N-methyl/N-ethyl adjacent to an activating group) is 1. The topological polar surface area (TPSA) is 32.3 Å². The van der Waals surface area contributed by atoms with Gasteiger partial charge in [-0.2, -0.15) is 13.2 Å². The lowest BCUT2D eigenvalue weighted by atomic mass is 9.78. The fraction of sp³-hybridized carbons (Fsp3) is 0.929. The van der Waals surface area contributed by atoms with Crippen LogP contribution in [0.1, 0.15) is 39.5 Å². The Morgan fingerprint density at radius 3 is 2.45 bits per heavy atom. The predicted octanol–water partition coefficient (Wildman–Crippen LogP) is 2.81. The molecule has 0 bridgehead atoms. The van der Waals surface area contributed by atoms with Crippen LogP contribution >= 0.6 is 0 Å². The van der Waals surface area contributed by atoms with Crippen LogP contribution in [0, 0.1) is 11.8 Å². The molecule has 0 aromatic heterocycles. The number of hydrogen-bond donors (Lipinski definition) is 1. The van der Waals surface area contributed by atoms with Crippen molar-refractivity contribution in [1.29, 1.82) is 0 Å². The first-order valence-electron chi connectivity index (χ1n) is 7.25. The average Bonchev–Trinajstić information content (AvgIpc) is 2.34. The van der Waals surface area contributed by atoms with Crippen molar-refractivity contribution >= 4 is 5.91 Å². The number of nitrogens with zero attached hydrogens (tertiary/aromatic N) is 1. The second kappa shape index (κ2) is 7.29. The van der Waals surface area contributed by atoms with Crippen molar-refractivity contribution in [3.8, 4) is 0 Å². The monoisotopic (exact) mass is 294 g/mol. The molecule has 6 heteroatoms. The van der Waals surface area contributed by atoms with E-state index in [1.54, 1.807) is 0 Å². The summed E-state index contributed by atoms with van der Waals surface area (Å²) >= 11 is 0. The maximum absolute atomic E-state index is 12.2. The molecule has 118 valence electrons. The minimum absolute atomic E-state index is 0.0134. The number of carbonyl (C=O) groups excluding carboxylic acids is 1. The zero-order valence-electron chi connectivity index (χ0n) is 12.5. The van der Waals surface area contributed by atoms with Gasteiger partial charge in [-0.05, 0) is 24.7 Å². The number of nitrogens with one attached hydrogen (secondary N) is 1. The molecule has 1 fully saturated rings. The van der Waals surface area contributed by atoms with Crippen LogP contribution in [0.4, 0.5) is 13.2 Å². The van der Waals surface area contributed by atoms with Crippen LogP contribution in [-0.4, -0.2) is 43.2 Å². The van der Waals surface area contributed by atoms with Gasteiger partial charge in [0, 0.05) is 13.1 Å². The molecule has 1 rings (SSSR count). The molecule has 1 N–H and O–H groups in total. The molecular formula is C14H25F3N2O. The van der Waals surface area contributed by atoms with Gasteiger partial charge in [0.15, 0.2) is 0 Å². The Bertz CT molecular complexity index is 318. The third-order valence-corrected chi connectivity index (χ3v) is 4.03. The lowest BCUT2D eigenvalue weighted by Crippen LogP contribution is -2.47. The summed E-state index contributed by atoms with van der Waals surface area (Å²) < 4.78 is 36.6. The highest BCUT2D eigenvalue weighted by Gasteiger charge is 2.32. The molecule has 1 aliphatic rings. The second-order valence-electron chi connectivity index (χ2n) is 6.04. The van der Waals surface area contributed by atoms with E-state index in [2.05, 4.69) is 19.2 Å². The highest BCUT2D eigenvalue weighted by molar-refractivity contribution is 5.78. The summed E-state index contributed by atoms with van der Waals surface area (Å²) in [6, 6.07) is 0.243. The number of hydrogen-bond acceptors (Lipinski definition) is 2. The molecule has 0 saturated heterocycles. The SMILES string of the molecule is CC(C)C1CCCCC1NCC(=O)N(C)CC(F)(F)F. The van der Waals surface area contributed by atoms with Gasteiger partial charge in [0.25, 0.3) is 0 Å². The van der Waals surface area contributed by atoms with Crippen LogP contribution in [0.3, 0.4) is 0 Å². The van der Waals surface area contributed by atoms with Gasteiger partial charge in [-0.15, -0.1) is 0 Å². The summed E-state index contributed by atoms with van der Waals surface area (Å²) in [5, 5.41) is 3.16. The molecule has 2 unspecified atom stereocenters. The normalized spacial score (nSPS) is 23.9. The van der Waals surface area contributed by atoms with E-state index in [0.29, 0.717) is 11.8 Å². The number of alkyl halides is 3. The molecule has 0 aliphatic heterocycles. The van der Waals surface area contributed by atoms with Crippen LogP contribution in [-0.2, 0) is 4.79 Å². The molecule has 0 radical (unpaired) electrons. The Morgan fingerprint density at radius 1 is 1.30 bits per heavy atom. The van der Waals surface area contributed by atoms with Gasteiger partial charge in [0.05, 0.1) is 6.54 Å². The minimum Gasteiger partial charge on any atom is -0.336 e. The van der Waals surface area contributed by atoms with Crippen LogP contribution < -0.4 is 5.32 Å². The maximum atomic E-state index is 12.2. The van der Waals surface area contributed by atoms with Gasteiger partial charge >= 0.3 is 6.18 Å². The summed E-state index contributed by atoms with van der Waals surface area (Å²) in [7, 11) is 1.19. The summed E-state index contributed by atoms with van der Waals surface area (Å²) in [6.07, 6.45) is 0.104. The first kappa shape index (κ1) is 17.3. The molecule has 1 saturated carbocycles.